The van der Waals surface area contributed by atoms with Gasteiger partial charge in [0.1, 0.15) is 29.5 Å². The zero-order valence-corrected chi connectivity index (χ0v) is 13.1. The van der Waals surface area contributed by atoms with Crippen LogP contribution in [0.5, 0.6) is 17.2 Å². The molecule has 7 heteroatoms. The van der Waals surface area contributed by atoms with Crippen molar-refractivity contribution in [3.63, 3.8) is 0 Å². The third-order valence-corrected chi connectivity index (χ3v) is 3.04. The van der Waals surface area contributed by atoms with E-state index < -0.39 is 4.92 Å². The molecular formula is C16H19N3O4. The first-order valence-electron chi connectivity index (χ1n) is 7.05. The molecule has 0 heterocycles. The lowest BCUT2D eigenvalue weighted by atomic mass is 10.2. The van der Waals surface area contributed by atoms with Gasteiger partial charge in [0.2, 0.25) is 0 Å². The van der Waals surface area contributed by atoms with Gasteiger partial charge in [0, 0.05) is 24.7 Å². The van der Waals surface area contributed by atoms with Crippen LogP contribution in [0, 0.1) is 10.1 Å². The number of nitrogens with zero attached hydrogens (tertiary/aromatic N) is 2. The average Bonchev–Trinajstić information content (AvgIpc) is 2.47. The Morgan fingerprint density at radius 2 is 1.83 bits per heavy atom. The van der Waals surface area contributed by atoms with Gasteiger partial charge in [-0.1, -0.05) is 6.07 Å². The van der Waals surface area contributed by atoms with E-state index in [2.05, 4.69) is 0 Å². The second kappa shape index (κ2) is 7.46. The van der Waals surface area contributed by atoms with E-state index in [4.69, 9.17) is 15.2 Å². The molecule has 0 aliphatic rings. The molecular weight excluding hydrogens is 298 g/mol. The van der Waals surface area contributed by atoms with Gasteiger partial charge in [-0.05, 0) is 32.3 Å². The normalized spacial score (nSPS) is 10.6. The van der Waals surface area contributed by atoms with Gasteiger partial charge in [0.25, 0.3) is 5.69 Å². The summed E-state index contributed by atoms with van der Waals surface area (Å²) in [4.78, 5) is 12.2. The molecule has 7 nitrogen and oxygen atoms in total. The van der Waals surface area contributed by atoms with E-state index in [1.54, 1.807) is 12.1 Å². The van der Waals surface area contributed by atoms with E-state index >= 15 is 0 Å². The Kier molecular flexibility index (Phi) is 5.37. The number of nitro groups is 1. The highest BCUT2D eigenvalue weighted by Crippen LogP contribution is 2.30. The van der Waals surface area contributed by atoms with Gasteiger partial charge in [0.05, 0.1) is 4.92 Å². The minimum atomic E-state index is -0.529. The number of ether oxygens (including phenoxy) is 2. The Balaban J connectivity index is 2.05. The number of rotatable bonds is 7. The molecule has 23 heavy (non-hydrogen) atoms. The summed E-state index contributed by atoms with van der Waals surface area (Å²) in [7, 11) is 3.95. The topological polar surface area (TPSA) is 90.9 Å². The lowest BCUT2D eigenvalue weighted by Gasteiger charge is -2.12. The number of hydrogen-bond donors (Lipinski definition) is 1. The van der Waals surface area contributed by atoms with Crippen molar-refractivity contribution in [1.82, 2.24) is 4.90 Å². The number of nitrogens with two attached hydrogens (primary N) is 1. The van der Waals surface area contributed by atoms with Gasteiger partial charge in [-0.2, -0.15) is 0 Å². The molecule has 0 spiro atoms. The first-order valence-corrected chi connectivity index (χ1v) is 7.05. The fraction of sp³-hybridized carbons (Fsp3) is 0.250. The van der Waals surface area contributed by atoms with Crippen LogP contribution in [0.3, 0.4) is 0 Å². The van der Waals surface area contributed by atoms with Crippen LogP contribution in [0.2, 0.25) is 0 Å². The molecule has 0 radical (unpaired) electrons. The van der Waals surface area contributed by atoms with Crippen LogP contribution in [0.1, 0.15) is 0 Å². The Hall–Kier alpha value is -2.80. The van der Waals surface area contributed by atoms with E-state index in [1.165, 1.54) is 18.2 Å². The predicted molar refractivity (Wildman–Crippen MR) is 88.1 cm³/mol. The van der Waals surface area contributed by atoms with Crippen LogP contribution in [-0.2, 0) is 0 Å². The van der Waals surface area contributed by atoms with Gasteiger partial charge < -0.3 is 20.1 Å². The molecule has 2 N–H and O–H groups in total. The van der Waals surface area contributed by atoms with Crippen molar-refractivity contribution in [3.8, 4) is 17.2 Å². The van der Waals surface area contributed by atoms with E-state index in [0.29, 0.717) is 23.9 Å². The fourth-order valence-corrected chi connectivity index (χ4v) is 1.87. The van der Waals surface area contributed by atoms with Crippen molar-refractivity contribution in [2.75, 3.05) is 33.0 Å². The Labute approximate surface area is 134 Å². The van der Waals surface area contributed by atoms with Crippen molar-refractivity contribution < 1.29 is 14.4 Å². The molecule has 0 saturated carbocycles. The molecule has 0 unspecified atom stereocenters. The second-order valence-electron chi connectivity index (χ2n) is 5.21. The Morgan fingerprint density at radius 3 is 2.48 bits per heavy atom. The van der Waals surface area contributed by atoms with Crippen LogP contribution < -0.4 is 15.2 Å². The summed E-state index contributed by atoms with van der Waals surface area (Å²) in [5, 5.41) is 10.7. The quantitative estimate of drug-likeness (QED) is 0.479. The number of anilines is 1. The molecule has 122 valence electrons. The maximum atomic E-state index is 10.7. The van der Waals surface area contributed by atoms with Crippen molar-refractivity contribution in [2.24, 2.45) is 0 Å². The lowest BCUT2D eigenvalue weighted by molar-refractivity contribution is -0.383. The molecule has 2 rings (SSSR count). The van der Waals surface area contributed by atoms with Crippen molar-refractivity contribution in [3.05, 3.63) is 52.6 Å². The average molecular weight is 317 g/mol. The second-order valence-corrected chi connectivity index (χ2v) is 5.21. The molecule has 2 aromatic carbocycles. The Morgan fingerprint density at radius 1 is 1.13 bits per heavy atom. The zero-order valence-electron chi connectivity index (χ0n) is 13.1. The zero-order chi connectivity index (χ0) is 16.8. The van der Waals surface area contributed by atoms with Crippen LogP contribution in [0.25, 0.3) is 0 Å². The van der Waals surface area contributed by atoms with Crippen LogP contribution in [-0.4, -0.2) is 37.1 Å². The first-order chi connectivity index (χ1) is 11.0. The molecule has 0 bridgehead atoms. The molecule has 0 amide bonds. The van der Waals surface area contributed by atoms with Gasteiger partial charge in [0.15, 0.2) is 0 Å². The number of hydrogen-bond acceptors (Lipinski definition) is 6. The van der Waals surface area contributed by atoms with Crippen LogP contribution in [0.4, 0.5) is 11.4 Å². The molecule has 0 saturated heterocycles. The molecule has 2 aromatic rings. The monoisotopic (exact) mass is 317 g/mol. The molecule has 0 aliphatic heterocycles. The van der Waals surface area contributed by atoms with E-state index in [9.17, 15) is 10.1 Å². The van der Waals surface area contributed by atoms with Crippen LogP contribution >= 0.6 is 0 Å². The summed E-state index contributed by atoms with van der Waals surface area (Å²) >= 11 is 0. The summed E-state index contributed by atoms with van der Waals surface area (Å²) in [6.07, 6.45) is 0. The van der Waals surface area contributed by atoms with E-state index in [0.717, 1.165) is 6.54 Å². The number of benzene rings is 2. The number of nitrogen functional groups attached to an aromatic ring is 1. The van der Waals surface area contributed by atoms with Gasteiger partial charge in [-0.3, -0.25) is 10.1 Å². The van der Waals surface area contributed by atoms with Gasteiger partial charge in [-0.25, -0.2) is 0 Å². The molecule has 0 aliphatic carbocycles. The van der Waals surface area contributed by atoms with Gasteiger partial charge >= 0.3 is 0 Å². The minimum absolute atomic E-state index is 0.0610. The maximum Gasteiger partial charge on any atom is 0.292 e. The van der Waals surface area contributed by atoms with Crippen molar-refractivity contribution in [1.29, 1.82) is 0 Å². The van der Waals surface area contributed by atoms with Gasteiger partial charge in [-0.15, -0.1) is 0 Å². The molecule has 0 aromatic heterocycles. The first kappa shape index (κ1) is 16.6. The lowest BCUT2D eigenvalue weighted by Crippen LogP contribution is -2.19. The highest BCUT2D eigenvalue weighted by molar-refractivity contribution is 5.61. The smallest absolute Gasteiger partial charge is 0.292 e. The summed E-state index contributed by atoms with van der Waals surface area (Å²) < 4.78 is 11.3. The van der Waals surface area contributed by atoms with E-state index in [-0.39, 0.29) is 11.4 Å². The number of likely N-dealkylation sites (N-methyl/N-ethyl adjacent to an activating group) is 1. The maximum absolute atomic E-state index is 10.7. The highest BCUT2D eigenvalue weighted by Gasteiger charge is 2.12. The third kappa shape index (κ3) is 4.86. The summed E-state index contributed by atoms with van der Waals surface area (Å²) in [6.45, 7) is 1.38. The minimum Gasteiger partial charge on any atom is -0.492 e. The van der Waals surface area contributed by atoms with Crippen molar-refractivity contribution in [2.45, 2.75) is 0 Å². The number of nitro benzene ring substituents is 1. The molecule has 0 fully saturated rings. The fourth-order valence-electron chi connectivity index (χ4n) is 1.87. The summed E-state index contributed by atoms with van der Waals surface area (Å²) in [5.74, 6) is 1.69. The predicted octanol–water partition coefficient (Wildman–Crippen LogP) is 2.91. The van der Waals surface area contributed by atoms with E-state index in [1.807, 2.05) is 31.1 Å². The summed E-state index contributed by atoms with van der Waals surface area (Å²) in [5.41, 5.74) is 5.57. The summed E-state index contributed by atoms with van der Waals surface area (Å²) in [6, 6.07) is 11.4. The highest BCUT2D eigenvalue weighted by atomic mass is 16.6. The largest absolute Gasteiger partial charge is 0.492 e. The van der Waals surface area contributed by atoms with Crippen molar-refractivity contribution >= 4 is 11.4 Å². The SMILES string of the molecule is CN(C)CCOc1cccc(Oc2ccc([N+](=O)[O-])c(N)c2)c1. The standard InChI is InChI=1S/C16H19N3O4/c1-18(2)8-9-22-12-4-3-5-13(10-12)23-14-6-7-16(19(20)21)15(17)11-14/h3-7,10-11H,8-9,17H2,1-2H3. The Bertz CT molecular complexity index is 689. The molecule has 0 atom stereocenters. The van der Waals surface area contributed by atoms with Crippen LogP contribution in [0.15, 0.2) is 42.5 Å². The third-order valence-electron chi connectivity index (χ3n) is 3.04.